The topological polar surface area (TPSA) is 119 Å². The van der Waals surface area contributed by atoms with Gasteiger partial charge in [0.2, 0.25) is 0 Å². The van der Waals surface area contributed by atoms with Gasteiger partial charge in [0.15, 0.2) is 5.69 Å². The van der Waals surface area contributed by atoms with Gasteiger partial charge in [-0.15, -0.1) is 0 Å². The van der Waals surface area contributed by atoms with Gasteiger partial charge in [0.05, 0.1) is 12.2 Å². The van der Waals surface area contributed by atoms with Crippen LogP contribution in [0, 0.1) is 13.8 Å². The summed E-state index contributed by atoms with van der Waals surface area (Å²) in [4.78, 5) is 42.3. The van der Waals surface area contributed by atoms with E-state index in [1.54, 1.807) is 12.1 Å². The molecule has 0 saturated carbocycles. The standard InChI is InChI=1S/C25H34N6O3/c1-5-7-13-29(21-22(26)30(14-8-6-2)25(34)27-23(21)32)24(33)20-11-9-19(10-12-20)16-31-18(4)15-17(3)28-31/h9-12,15H,5-8,13-14,16,26H2,1-4H3,(H,27,32,34). The molecule has 0 atom stereocenters. The van der Waals surface area contributed by atoms with Gasteiger partial charge in [0.1, 0.15) is 5.82 Å². The van der Waals surface area contributed by atoms with Crippen molar-refractivity contribution in [1.29, 1.82) is 0 Å². The largest absolute Gasteiger partial charge is 0.383 e. The first-order valence-corrected chi connectivity index (χ1v) is 11.8. The van der Waals surface area contributed by atoms with Crippen LogP contribution in [-0.4, -0.2) is 31.8 Å². The number of aromatic nitrogens is 4. The average Bonchev–Trinajstić information content (AvgIpc) is 3.12. The fraction of sp³-hybridized carbons (Fsp3) is 0.440. The molecule has 34 heavy (non-hydrogen) atoms. The Labute approximate surface area is 199 Å². The molecule has 1 amide bonds. The summed E-state index contributed by atoms with van der Waals surface area (Å²) in [6.07, 6.45) is 3.12. The molecule has 0 spiro atoms. The number of benzene rings is 1. The van der Waals surface area contributed by atoms with Crippen molar-refractivity contribution in [3.05, 3.63) is 73.7 Å². The molecule has 0 bridgehead atoms. The van der Waals surface area contributed by atoms with Gasteiger partial charge in [-0.1, -0.05) is 38.8 Å². The Balaban J connectivity index is 1.94. The number of nitrogen functional groups attached to an aromatic ring is 1. The number of carbonyl (C=O) groups is 1. The fourth-order valence-electron chi connectivity index (χ4n) is 3.92. The fourth-order valence-corrected chi connectivity index (χ4v) is 3.92. The van der Waals surface area contributed by atoms with Gasteiger partial charge in [-0.25, -0.2) is 4.79 Å². The highest BCUT2D eigenvalue weighted by Gasteiger charge is 2.25. The minimum absolute atomic E-state index is 0.0211. The zero-order valence-corrected chi connectivity index (χ0v) is 20.4. The lowest BCUT2D eigenvalue weighted by molar-refractivity contribution is 0.0986. The van der Waals surface area contributed by atoms with Crippen LogP contribution in [0.3, 0.4) is 0 Å². The van der Waals surface area contributed by atoms with Crippen LogP contribution in [0.4, 0.5) is 11.5 Å². The third-order valence-corrected chi connectivity index (χ3v) is 5.84. The van der Waals surface area contributed by atoms with E-state index in [0.29, 0.717) is 31.6 Å². The van der Waals surface area contributed by atoms with Crippen LogP contribution in [0.15, 0.2) is 39.9 Å². The van der Waals surface area contributed by atoms with Gasteiger partial charge < -0.3 is 10.6 Å². The summed E-state index contributed by atoms with van der Waals surface area (Å²) in [6, 6.07) is 9.29. The van der Waals surface area contributed by atoms with Crippen molar-refractivity contribution in [2.24, 2.45) is 0 Å². The van der Waals surface area contributed by atoms with Crippen molar-refractivity contribution in [1.82, 2.24) is 19.3 Å². The molecule has 3 N–H and O–H groups in total. The van der Waals surface area contributed by atoms with Crippen LogP contribution in [-0.2, 0) is 13.1 Å². The number of hydrogen-bond donors (Lipinski definition) is 2. The molecular weight excluding hydrogens is 432 g/mol. The molecule has 182 valence electrons. The molecule has 0 unspecified atom stereocenters. The van der Waals surface area contributed by atoms with Crippen molar-refractivity contribution in [3.63, 3.8) is 0 Å². The number of unbranched alkanes of at least 4 members (excludes halogenated alkanes) is 2. The average molecular weight is 467 g/mol. The minimum Gasteiger partial charge on any atom is -0.383 e. The summed E-state index contributed by atoms with van der Waals surface area (Å²) in [5.41, 5.74) is 8.57. The van der Waals surface area contributed by atoms with E-state index in [-0.39, 0.29) is 17.4 Å². The molecule has 0 fully saturated rings. The first-order valence-electron chi connectivity index (χ1n) is 11.8. The van der Waals surface area contributed by atoms with E-state index in [2.05, 4.69) is 10.1 Å². The molecule has 0 aliphatic carbocycles. The van der Waals surface area contributed by atoms with E-state index >= 15 is 0 Å². The number of H-pyrrole nitrogens is 1. The molecule has 3 aromatic rings. The van der Waals surface area contributed by atoms with Crippen LogP contribution >= 0.6 is 0 Å². The summed E-state index contributed by atoms with van der Waals surface area (Å²) in [6.45, 7) is 9.27. The molecule has 2 heterocycles. The van der Waals surface area contributed by atoms with E-state index in [1.165, 1.54) is 9.47 Å². The highest BCUT2D eigenvalue weighted by molar-refractivity contribution is 6.07. The van der Waals surface area contributed by atoms with Crippen LogP contribution < -0.4 is 21.9 Å². The van der Waals surface area contributed by atoms with Crippen LogP contribution in [0.1, 0.15) is 66.8 Å². The maximum atomic E-state index is 13.5. The highest BCUT2D eigenvalue weighted by Crippen LogP contribution is 2.21. The van der Waals surface area contributed by atoms with E-state index in [4.69, 9.17) is 5.73 Å². The van der Waals surface area contributed by atoms with Crippen LogP contribution in [0.5, 0.6) is 0 Å². The van der Waals surface area contributed by atoms with Gasteiger partial charge in [0, 0.05) is 24.3 Å². The third-order valence-electron chi connectivity index (χ3n) is 5.84. The van der Waals surface area contributed by atoms with Crippen LogP contribution in [0.2, 0.25) is 0 Å². The number of nitrogens with two attached hydrogens (primary N) is 1. The lowest BCUT2D eigenvalue weighted by Gasteiger charge is -2.24. The molecule has 3 rings (SSSR count). The summed E-state index contributed by atoms with van der Waals surface area (Å²) in [7, 11) is 0. The van der Waals surface area contributed by atoms with Gasteiger partial charge in [0.25, 0.3) is 11.5 Å². The van der Waals surface area contributed by atoms with Gasteiger partial charge >= 0.3 is 5.69 Å². The predicted octanol–water partition coefficient (Wildman–Crippen LogP) is 3.23. The summed E-state index contributed by atoms with van der Waals surface area (Å²) >= 11 is 0. The number of nitrogens with zero attached hydrogens (tertiary/aromatic N) is 4. The molecule has 0 radical (unpaired) electrons. The van der Waals surface area contributed by atoms with Gasteiger partial charge in [-0.3, -0.25) is 23.8 Å². The van der Waals surface area contributed by atoms with E-state index in [1.807, 2.05) is 50.6 Å². The number of nitrogens with one attached hydrogen (secondary N) is 1. The minimum atomic E-state index is -0.652. The molecular formula is C25H34N6O3. The molecule has 9 heteroatoms. The zero-order chi connectivity index (χ0) is 24.8. The second-order valence-electron chi connectivity index (χ2n) is 8.59. The predicted molar refractivity (Wildman–Crippen MR) is 134 cm³/mol. The lowest BCUT2D eigenvalue weighted by atomic mass is 10.1. The van der Waals surface area contributed by atoms with Crippen molar-refractivity contribution in [2.45, 2.75) is 66.5 Å². The van der Waals surface area contributed by atoms with E-state index < -0.39 is 11.2 Å². The quantitative estimate of drug-likeness (QED) is 0.475. The van der Waals surface area contributed by atoms with E-state index in [9.17, 15) is 14.4 Å². The van der Waals surface area contributed by atoms with E-state index in [0.717, 1.165) is 36.2 Å². The number of aryl methyl sites for hydroxylation is 2. The molecule has 1 aromatic carbocycles. The lowest BCUT2D eigenvalue weighted by Crippen LogP contribution is -2.41. The Morgan fingerprint density at radius 2 is 1.76 bits per heavy atom. The SMILES string of the molecule is CCCCN(C(=O)c1ccc(Cn2nc(C)cc2C)cc1)c1c(N)n(CCCC)c(=O)[nH]c1=O. The number of anilines is 2. The smallest absolute Gasteiger partial charge is 0.330 e. The first kappa shape index (κ1) is 25.0. The number of rotatable bonds is 10. The molecule has 2 aromatic heterocycles. The summed E-state index contributed by atoms with van der Waals surface area (Å²) in [5.74, 6) is -0.309. The Hall–Kier alpha value is -3.62. The monoisotopic (exact) mass is 466 g/mol. The molecule has 0 aliphatic rings. The second kappa shape index (κ2) is 11.0. The Morgan fingerprint density at radius 3 is 2.35 bits per heavy atom. The van der Waals surface area contributed by atoms with Gasteiger partial charge in [-0.05, 0) is 50.5 Å². The summed E-state index contributed by atoms with van der Waals surface area (Å²) < 4.78 is 3.25. The van der Waals surface area contributed by atoms with Gasteiger partial charge in [-0.2, -0.15) is 5.10 Å². The Morgan fingerprint density at radius 1 is 1.09 bits per heavy atom. The van der Waals surface area contributed by atoms with Crippen molar-refractivity contribution in [2.75, 3.05) is 17.2 Å². The van der Waals surface area contributed by atoms with Crippen LogP contribution in [0.25, 0.3) is 0 Å². The number of carbonyl (C=O) groups excluding carboxylic acids is 1. The zero-order valence-electron chi connectivity index (χ0n) is 20.4. The number of hydrogen-bond acceptors (Lipinski definition) is 5. The third kappa shape index (κ3) is 5.47. The van der Waals surface area contributed by atoms with Crippen molar-refractivity contribution < 1.29 is 4.79 Å². The molecule has 9 nitrogen and oxygen atoms in total. The van der Waals surface area contributed by atoms with Crippen molar-refractivity contribution in [3.8, 4) is 0 Å². The Kier molecular flexibility index (Phi) is 8.09. The molecule has 0 aliphatic heterocycles. The Bertz CT molecular complexity index is 1250. The number of amides is 1. The summed E-state index contributed by atoms with van der Waals surface area (Å²) in [5, 5.41) is 4.48. The normalized spacial score (nSPS) is 11.1. The number of aromatic amines is 1. The maximum Gasteiger partial charge on any atom is 0.330 e. The molecule has 0 saturated heterocycles. The van der Waals surface area contributed by atoms with Crippen molar-refractivity contribution >= 4 is 17.4 Å². The maximum absolute atomic E-state index is 13.5. The second-order valence-corrected chi connectivity index (χ2v) is 8.59. The highest BCUT2D eigenvalue weighted by atomic mass is 16.2. The first-order chi connectivity index (χ1) is 16.3.